The van der Waals surface area contributed by atoms with E-state index in [4.69, 9.17) is 9.47 Å². The van der Waals surface area contributed by atoms with Gasteiger partial charge in [-0.05, 0) is 39.8 Å². The fourth-order valence-corrected chi connectivity index (χ4v) is 2.61. The Labute approximate surface area is 164 Å². The molecule has 1 aromatic carbocycles. The summed E-state index contributed by atoms with van der Waals surface area (Å²) in [4.78, 5) is 40.5. The van der Waals surface area contributed by atoms with E-state index in [9.17, 15) is 14.4 Å². The Morgan fingerprint density at radius 1 is 1.14 bits per heavy atom. The number of nitrogens with zero attached hydrogens (tertiary/aromatic N) is 2. The van der Waals surface area contributed by atoms with Gasteiger partial charge in [0.05, 0.1) is 24.1 Å². The number of imidazole rings is 1. The van der Waals surface area contributed by atoms with E-state index in [1.807, 2.05) is 12.1 Å². The smallest absolute Gasteiger partial charge is 0.420 e. The summed E-state index contributed by atoms with van der Waals surface area (Å²) in [7, 11) is 0. The molecule has 2 aromatic rings. The van der Waals surface area contributed by atoms with Crippen LogP contribution in [0, 0.1) is 0 Å². The molecule has 0 bridgehead atoms. The lowest BCUT2D eigenvalue weighted by Crippen LogP contribution is -2.29. The first-order valence-corrected chi connectivity index (χ1v) is 9.33. The van der Waals surface area contributed by atoms with E-state index in [1.54, 1.807) is 39.8 Å². The minimum Gasteiger partial charge on any atom is -0.466 e. The molecular formula is C20H27N3O5. The number of hydrogen-bond acceptors (Lipinski definition) is 6. The molecule has 0 atom stereocenters. The third-order valence-corrected chi connectivity index (χ3v) is 3.74. The van der Waals surface area contributed by atoms with Crippen molar-refractivity contribution in [3.05, 3.63) is 30.1 Å². The molecule has 28 heavy (non-hydrogen) atoms. The molecular weight excluding hydrogens is 362 g/mol. The van der Waals surface area contributed by atoms with E-state index in [0.29, 0.717) is 23.5 Å². The van der Waals surface area contributed by atoms with E-state index in [0.717, 1.165) is 0 Å². The first-order valence-electron chi connectivity index (χ1n) is 9.33. The van der Waals surface area contributed by atoms with E-state index in [2.05, 4.69) is 10.3 Å². The molecule has 0 spiro atoms. The van der Waals surface area contributed by atoms with Crippen LogP contribution in [0.2, 0.25) is 0 Å². The normalized spacial score (nSPS) is 11.3. The Kier molecular flexibility index (Phi) is 7.14. The van der Waals surface area contributed by atoms with E-state index in [-0.39, 0.29) is 37.7 Å². The van der Waals surface area contributed by atoms with Crippen LogP contribution in [-0.2, 0) is 25.5 Å². The molecule has 2 rings (SSSR count). The molecule has 1 N–H and O–H groups in total. The number of aromatic nitrogens is 2. The number of amides is 1. The van der Waals surface area contributed by atoms with Gasteiger partial charge in [-0.3, -0.25) is 9.59 Å². The average molecular weight is 389 g/mol. The van der Waals surface area contributed by atoms with Gasteiger partial charge in [-0.2, -0.15) is 0 Å². The van der Waals surface area contributed by atoms with Crippen molar-refractivity contribution in [1.82, 2.24) is 14.9 Å². The number of esters is 1. The van der Waals surface area contributed by atoms with Gasteiger partial charge in [0.15, 0.2) is 0 Å². The van der Waals surface area contributed by atoms with Crippen LogP contribution in [0.25, 0.3) is 11.0 Å². The van der Waals surface area contributed by atoms with E-state index >= 15 is 0 Å². The maximum absolute atomic E-state index is 12.7. The number of aryl methyl sites for hydroxylation is 1. The van der Waals surface area contributed by atoms with Crippen LogP contribution in [0.15, 0.2) is 24.3 Å². The first kappa shape index (κ1) is 21.4. The third kappa shape index (κ3) is 6.07. The monoisotopic (exact) mass is 389 g/mol. The van der Waals surface area contributed by atoms with Crippen molar-refractivity contribution in [2.24, 2.45) is 0 Å². The predicted octanol–water partition coefficient (Wildman–Crippen LogP) is 2.82. The Morgan fingerprint density at radius 3 is 2.54 bits per heavy atom. The quantitative estimate of drug-likeness (QED) is 0.731. The summed E-state index contributed by atoms with van der Waals surface area (Å²) in [5.41, 5.74) is 0.644. The number of fused-ring (bicyclic) bond motifs is 1. The Morgan fingerprint density at radius 2 is 1.86 bits per heavy atom. The Balaban J connectivity index is 2.05. The molecule has 152 valence electrons. The van der Waals surface area contributed by atoms with Crippen LogP contribution in [0.5, 0.6) is 0 Å². The maximum atomic E-state index is 12.7. The largest absolute Gasteiger partial charge is 0.466 e. The zero-order chi connectivity index (χ0) is 20.7. The second-order valence-electron chi connectivity index (χ2n) is 7.24. The summed E-state index contributed by atoms with van der Waals surface area (Å²) in [5, 5.41) is 2.67. The van der Waals surface area contributed by atoms with Crippen LogP contribution in [0.1, 0.15) is 46.4 Å². The summed E-state index contributed by atoms with van der Waals surface area (Å²) in [6.07, 6.45) is -0.0108. The van der Waals surface area contributed by atoms with Crippen LogP contribution >= 0.6 is 0 Å². The molecule has 8 nitrogen and oxygen atoms in total. The molecule has 0 aliphatic carbocycles. The van der Waals surface area contributed by atoms with Gasteiger partial charge in [0.2, 0.25) is 5.91 Å². The van der Waals surface area contributed by atoms with E-state index < -0.39 is 11.7 Å². The van der Waals surface area contributed by atoms with Gasteiger partial charge >= 0.3 is 12.1 Å². The highest BCUT2D eigenvalue weighted by molar-refractivity contribution is 5.88. The lowest BCUT2D eigenvalue weighted by Gasteiger charge is -2.20. The van der Waals surface area contributed by atoms with Crippen molar-refractivity contribution < 1.29 is 23.9 Å². The van der Waals surface area contributed by atoms with Gasteiger partial charge in [-0.15, -0.1) is 0 Å². The van der Waals surface area contributed by atoms with Crippen molar-refractivity contribution in [3.8, 4) is 0 Å². The number of para-hydroxylation sites is 2. The number of hydrogen-bond donors (Lipinski definition) is 1. The zero-order valence-corrected chi connectivity index (χ0v) is 16.8. The zero-order valence-electron chi connectivity index (χ0n) is 16.8. The van der Waals surface area contributed by atoms with Crippen LogP contribution < -0.4 is 5.32 Å². The maximum Gasteiger partial charge on any atom is 0.420 e. The number of rotatable bonds is 7. The minimum atomic E-state index is -0.649. The van der Waals surface area contributed by atoms with Crippen molar-refractivity contribution in [3.63, 3.8) is 0 Å². The molecule has 0 saturated carbocycles. The first-order chi connectivity index (χ1) is 13.2. The summed E-state index contributed by atoms with van der Waals surface area (Å²) < 4.78 is 11.7. The predicted molar refractivity (Wildman–Crippen MR) is 104 cm³/mol. The summed E-state index contributed by atoms with van der Waals surface area (Å²) >= 11 is 0. The van der Waals surface area contributed by atoms with Gasteiger partial charge in [-0.25, -0.2) is 14.3 Å². The van der Waals surface area contributed by atoms with Gasteiger partial charge < -0.3 is 14.8 Å². The second-order valence-corrected chi connectivity index (χ2v) is 7.24. The molecule has 1 amide bonds. The molecule has 0 aliphatic heterocycles. The standard InChI is InChI=1S/C20H27N3O5/c1-5-27-18(25)12-13-21-17(24)11-10-16-22-14-8-6-7-9-15(14)23(16)19(26)28-20(2,3)4/h6-9H,5,10-13H2,1-4H3,(H,21,24). The minimum absolute atomic E-state index is 0.121. The SMILES string of the molecule is CCOC(=O)CCNC(=O)CCc1nc2ccccc2n1C(=O)OC(C)(C)C. The fraction of sp³-hybridized carbons (Fsp3) is 0.500. The van der Waals surface area contributed by atoms with Crippen LogP contribution in [-0.4, -0.2) is 46.3 Å². The number of nitrogens with one attached hydrogen (secondary N) is 1. The number of ether oxygens (including phenoxy) is 2. The highest BCUT2D eigenvalue weighted by atomic mass is 16.6. The van der Waals surface area contributed by atoms with Crippen molar-refractivity contribution in [2.45, 2.75) is 52.6 Å². The number of carbonyl (C=O) groups is 3. The highest BCUT2D eigenvalue weighted by Crippen LogP contribution is 2.19. The molecule has 1 aromatic heterocycles. The van der Waals surface area contributed by atoms with Crippen molar-refractivity contribution >= 4 is 29.0 Å². The summed E-state index contributed by atoms with van der Waals surface area (Å²) in [6, 6.07) is 7.24. The Bertz CT molecular complexity index is 851. The summed E-state index contributed by atoms with van der Waals surface area (Å²) in [6.45, 7) is 7.63. The fourth-order valence-electron chi connectivity index (χ4n) is 2.61. The second kappa shape index (κ2) is 9.34. The molecule has 1 heterocycles. The van der Waals surface area contributed by atoms with Gasteiger partial charge in [0.25, 0.3) is 0 Å². The molecule has 0 aliphatic rings. The number of benzene rings is 1. The average Bonchev–Trinajstić information content (AvgIpc) is 2.97. The van der Waals surface area contributed by atoms with Crippen molar-refractivity contribution in [1.29, 1.82) is 0 Å². The molecule has 8 heteroatoms. The highest BCUT2D eigenvalue weighted by Gasteiger charge is 2.23. The lowest BCUT2D eigenvalue weighted by atomic mass is 10.2. The summed E-state index contributed by atoms with van der Waals surface area (Å²) in [5.74, 6) is -0.127. The van der Waals surface area contributed by atoms with Crippen LogP contribution in [0.4, 0.5) is 4.79 Å². The molecule has 0 fully saturated rings. The molecule has 0 unspecified atom stereocenters. The topological polar surface area (TPSA) is 99.5 Å². The van der Waals surface area contributed by atoms with Gasteiger partial charge in [-0.1, -0.05) is 12.1 Å². The Hall–Kier alpha value is -2.90. The molecule has 0 radical (unpaired) electrons. The lowest BCUT2D eigenvalue weighted by molar-refractivity contribution is -0.143. The van der Waals surface area contributed by atoms with Crippen LogP contribution in [0.3, 0.4) is 0 Å². The van der Waals surface area contributed by atoms with E-state index in [1.165, 1.54) is 4.57 Å². The van der Waals surface area contributed by atoms with Gasteiger partial charge in [0.1, 0.15) is 11.4 Å². The molecule has 0 saturated heterocycles. The van der Waals surface area contributed by atoms with Gasteiger partial charge in [0, 0.05) is 19.4 Å². The van der Waals surface area contributed by atoms with Crippen molar-refractivity contribution in [2.75, 3.05) is 13.2 Å². The third-order valence-electron chi connectivity index (χ3n) is 3.74. The number of carbonyl (C=O) groups excluding carboxylic acids is 3.